The topological polar surface area (TPSA) is 110 Å². The summed E-state index contributed by atoms with van der Waals surface area (Å²) in [5.74, 6) is -1.56. The van der Waals surface area contributed by atoms with Gasteiger partial charge in [0.2, 0.25) is 5.91 Å². The van der Waals surface area contributed by atoms with E-state index in [4.69, 9.17) is 8.83 Å². The van der Waals surface area contributed by atoms with Gasteiger partial charge < -0.3 is 19.3 Å². The van der Waals surface area contributed by atoms with Crippen molar-refractivity contribution in [3.8, 4) is 11.1 Å². The van der Waals surface area contributed by atoms with Crippen LogP contribution in [-0.4, -0.2) is 23.0 Å². The molecule has 7 nitrogen and oxygen atoms in total. The minimum atomic E-state index is -1.11. The van der Waals surface area contributed by atoms with Crippen molar-refractivity contribution in [3.05, 3.63) is 106 Å². The molecule has 0 aliphatic heterocycles. The van der Waals surface area contributed by atoms with E-state index in [0.717, 1.165) is 33.0 Å². The molecule has 2 aromatic heterocycles. The van der Waals surface area contributed by atoms with E-state index in [1.165, 1.54) is 0 Å². The number of hydrogen-bond acceptors (Lipinski definition) is 5. The first-order valence-electron chi connectivity index (χ1n) is 12.0. The molecule has 2 heterocycles. The molecule has 1 atom stereocenters. The summed E-state index contributed by atoms with van der Waals surface area (Å²) in [7, 11) is 0. The zero-order valence-corrected chi connectivity index (χ0v) is 20.2. The minimum Gasteiger partial charge on any atom is -0.480 e. The van der Waals surface area contributed by atoms with Gasteiger partial charge in [-0.1, -0.05) is 60.7 Å². The van der Waals surface area contributed by atoms with Crippen molar-refractivity contribution < 1.29 is 23.5 Å². The predicted molar refractivity (Wildman–Crippen MR) is 140 cm³/mol. The normalized spacial score (nSPS) is 12.0. The lowest BCUT2D eigenvalue weighted by atomic mass is 9.98. The first-order valence-corrected chi connectivity index (χ1v) is 12.0. The van der Waals surface area contributed by atoms with Gasteiger partial charge in [0.25, 0.3) is 0 Å². The van der Waals surface area contributed by atoms with E-state index in [9.17, 15) is 19.5 Å². The molecule has 37 heavy (non-hydrogen) atoms. The number of carboxylic acids is 1. The van der Waals surface area contributed by atoms with Crippen LogP contribution in [0.5, 0.6) is 0 Å². The van der Waals surface area contributed by atoms with Gasteiger partial charge in [-0.2, -0.15) is 0 Å². The number of fused-ring (bicyclic) bond motifs is 2. The van der Waals surface area contributed by atoms with Gasteiger partial charge in [0.05, 0.1) is 6.26 Å². The van der Waals surface area contributed by atoms with E-state index >= 15 is 0 Å². The quantitative estimate of drug-likeness (QED) is 0.284. The van der Waals surface area contributed by atoms with Gasteiger partial charge in [-0.05, 0) is 36.1 Å². The Kier molecular flexibility index (Phi) is 6.60. The van der Waals surface area contributed by atoms with Gasteiger partial charge in [-0.25, -0.2) is 9.59 Å². The van der Waals surface area contributed by atoms with Crippen molar-refractivity contribution in [2.24, 2.45) is 0 Å². The summed E-state index contributed by atoms with van der Waals surface area (Å²) in [4.78, 5) is 37.1. The predicted octanol–water partition coefficient (Wildman–Crippen LogP) is 5.26. The van der Waals surface area contributed by atoms with Crippen LogP contribution < -0.4 is 10.9 Å². The molecule has 0 aliphatic carbocycles. The highest BCUT2D eigenvalue weighted by atomic mass is 16.4. The average molecular weight is 496 g/mol. The number of hydrogen-bond donors (Lipinski definition) is 2. The summed E-state index contributed by atoms with van der Waals surface area (Å²) >= 11 is 0. The summed E-state index contributed by atoms with van der Waals surface area (Å²) in [6.07, 6.45) is 1.94. The number of benzene rings is 3. The molecule has 1 amide bonds. The lowest BCUT2D eigenvalue weighted by Crippen LogP contribution is -2.42. The van der Waals surface area contributed by atoms with Gasteiger partial charge in [0.15, 0.2) is 0 Å². The Morgan fingerprint density at radius 3 is 2.35 bits per heavy atom. The fourth-order valence-corrected chi connectivity index (χ4v) is 4.60. The smallest absolute Gasteiger partial charge is 0.339 e. The summed E-state index contributed by atoms with van der Waals surface area (Å²) in [6, 6.07) is 21.6. The number of furan rings is 1. The van der Waals surface area contributed by atoms with E-state index < -0.39 is 23.5 Å². The summed E-state index contributed by atoms with van der Waals surface area (Å²) in [5, 5.41) is 13.8. The van der Waals surface area contributed by atoms with Crippen molar-refractivity contribution in [1.29, 1.82) is 0 Å². The molecule has 1 unspecified atom stereocenters. The van der Waals surface area contributed by atoms with Crippen LogP contribution in [-0.2, 0) is 22.4 Å². The highest BCUT2D eigenvalue weighted by molar-refractivity contribution is 6.02. The number of carbonyl (C=O) groups is 2. The molecule has 5 rings (SSSR count). The minimum absolute atomic E-state index is 0.0428. The van der Waals surface area contributed by atoms with Crippen molar-refractivity contribution in [2.45, 2.75) is 32.2 Å². The van der Waals surface area contributed by atoms with E-state index in [1.54, 1.807) is 12.3 Å². The van der Waals surface area contributed by atoms with E-state index in [-0.39, 0.29) is 19.3 Å². The molecular formula is C30H25NO6. The Morgan fingerprint density at radius 2 is 1.65 bits per heavy atom. The highest BCUT2D eigenvalue weighted by Crippen LogP contribution is 2.34. The molecule has 0 aliphatic rings. The van der Waals surface area contributed by atoms with Crippen molar-refractivity contribution >= 4 is 33.8 Å². The van der Waals surface area contributed by atoms with E-state index in [0.29, 0.717) is 16.7 Å². The Morgan fingerprint density at radius 1 is 0.946 bits per heavy atom. The zero-order chi connectivity index (χ0) is 25.9. The molecule has 3 aromatic carbocycles. The number of rotatable bonds is 8. The number of aliphatic carboxylic acids is 1. The second kappa shape index (κ2) is 10.1. The van der Waals surface area contributed by atoms with Gasteiger partial charge in [-0.3, -0.25) is 4.79 Å². The van der Waals surface area contributed by atoms with Crippen LogP contribution in [0.3, 0.4) is 0 Å². The SMILES string of the molecule is Cc1c(CCC(=O)NC(Cc2ccccc2)C(=O)O)c(=O)oc2cc3occ(-c4ccccc4)c3cc12. The van der Waals surface area contributed by atoms with E-state index in [1.807, 2.05) is 73.7 Å². The fourth-order valence-electron chi connectivity index (χ4n) is 4.60. The van der Waals surface area contributed by atoms with Crippen LogP contribution >= 0.6 is 0 Å². The Balaban J connectivity index is 1.39. The van der Waals surface area contributed by atoms with Gasteiger partial charge in [0.1, 0.15) is 17.2 Å². The maximum absolute atomic E-state index is 12.8. The van der Waals surface area contributed by atoms with Gasteiger partial charge in [0, 0.05) is 40.8 Å². The van der Waals surface area contributed by atoms with Crippen molar-refractivity contribution in [3.63, 3.8) is 0 Å². The molecule has 2 N–H and O–H groups in total. The molecule has 0 bridgehead atoms. The van der Waals surface area contributed by atoms with E-state index in [2.05, 4.69) is 5.32 Å². The van der Waals surface area contributed by atoms with Gasteiger partial charge >= 0.3 is 11.6 Å². The van der Waals surface area contributed by atoms with Crippen molar-refractivity contribution in [1.82, 2.24) is 5.32 Å². The Hall–Kier alpha value is -4.65. The number of carboxylic acid groups (broad SMARTS) is 1. The van der Waals surface area contributed by atoms with Crippen LogP contribution in [0, 0.1) is 6.92 Å². The maximum atomic E-state index is 12.8. The molecule has 186 valence electrons. The lowest BCUT2D eigenvalue weighted by Gasteiger charge is -2.15. The molecule has 0 saturated heterocycles. The lowest BCUT2D eigenvalue weighted by molar-refractivity contribution is -0.141. The van der Waals surface area contributed by atoms with Crippen LogP contribution in [0.2, 0.25) is 0 Å². The van der Waals surface area contributed by atoms with Gasteiger partial charge in [-0.15, -0.1) is 0 Å². The Labute approximate surface area is 212 Å². The molecule has 7 heteroatoms. The summed E-state index contributed by atoms with van der Waals surface area (Å²) in [6.45, 7) is 1.83. The molecule has 5 aromatic rings. The number of carbonyl (C=O) groups excluding carboxylic acids is 1. The monoisotopic (exact) mass is 495 g/mol. The number of nitrogens with one attached hydrogen (secondary N) is 1. The highest BCUT2D eigenvalue weighted by Gasteiger charge is 2.21. The van der Waals surface area contributed by atoms with Crippen LogP contribution in [0.1, 0.15) is 23.1 Å². The van der Waals surface area contributed by atoms with Crippen LogP contribution in [0.4, 0.5) is 0 Å². The number of amides is 1. The molecule has 0 fully saturated rings. The molecule has 0 saturated carbocycles. The fraction of sp³-hybridized carbons (Fsp3) is 0.167. The van der Waals surface area contributed by atoms with Crippen LogP contribution in [0.25, 0.3) is 33.1 Å². The second-order valence-electron chi connectivity index (χ2n) is 9.00. The van der Waals surface area contributed by atoms with Crippen molar-refractivity contribution in [2.75, 3.05) is 0 Å². The molecular weight excluding hydrogens is 470 g/mol. The third kappa shape index (κ3) is 5.02. The number of aryl methyl sites for hydroxylation is 1. The third-order valence-electron chi connectivity index (χ3n) is 6.58. The van der Waals surface area contributed by atoms with Crippen LogP contribution in [0.15, 0.2) is 92.7 Å². The average Bonchev–Trinajstić information content (AvgIpc) is 3.31. The standard InChI is InChI=1S/C30H25NO6/c1-18-21(12-13-28(32)31-25(29(33)34)14-19-8-4-2-5-9-19)30(35)37-27-16-26-23(15-22(18)27)24(17-36-26)20-10-6-3-7-11-20/h2-11,15-17,25H,12-14H2,1H3,(H,31,32)(H,33,34). The molecule has 0 spiro atoms. The first kappa shape index (κ1) is 24.1. The first-order chi connectivity index (χ1) is 17.9. The molecule has 0 radical (unpaired) electrons. The summed E-state index contributed by atoms with van der Waals surface area (Å²) < 4.78 is 11.3. The maximum Gasteiger partial charge on any atom is 0.339 e. The second-order valence-corrected chi connectivity index (χ2v) is 9.00. The zero-order valence-electron chi connectivity index (χ0n) is 20.2. The largest absolute Gasteiger partial charge is 0.480 e. The Bertz CT molecular complexity index is 1650. The summed E-state index contributed by atoms with van der Waals surface area (Å²) in [5.41, 5.74) is 4.36. The third-order valence-corrected chi connectivity index (χ3v) is 6.58.